The molecular weight excluding hydrogens is 274 g/mol. The van der Waals surface area contributed by atoms with Crippen LogP contribution in [0, 0.1) is 0 Å². The highest BCUT2D eigenvalue weighted by atomic mass is 16.6. The molecule has 0 radical (unpaired) electrons. The zero-order valence-corrected chi connectivity index (χ0v) is 12.4. The van der Waals surface area contributed by atoms with Crippen LogP contribution in [0.1, 0.15) is 31.1 Å². The maximum absolute atomic E-state index is 12.0. The number of ketones is 1. The molecule has 1 aliphatic heterocycles. The lowest BCUT2D eigenvalue weighted by Crippen LogP contribution is -2.38. The number of benzene rings is 1. The molecule has 2 rings (SSSR count). The third-order valence-electron chi connectivity index (χ3n) is 2.88. The van der Waals surface area contributed by atoms with E-state index in [2.05, 4.69) is 0 Å². The largest absolute Gasteiger partial charge is 0.495 e. The number of carbonyl (C=O) groups is 3. The van der Waals surface area contributed by atoms with Crippen molar-refractivity contribution in [2.75, 3.05) is 18.6 Å². The van der Waals surface area contributed by atoms with Crippen molar-refractivity contribution in [1.29, 1.82) is 0 Å². The molecular formula is C15H17NO5. The van der Waals surface area contributed by atoms with Gasteiger partial charge in [-0.1, -0.05) is 6.07 Å². The molecule has 1 aliphatic rings. The number of nitrogens with zero attached hydrogens (tertiary/aromatic N) is 1. The standard InChI is InChI=1S/C15H17NO5/c1-15(2,3)21-11(17)8-16-12-9(13(18)14(16)19)6-5-7-10(12)20-4/h5-7H,8H2,1-4H3. The minimum absolute atomic E-state index is 0.239. The lowest BCUT2D eigenvalue weighted by Gasteiger charge is -2.23. The van der Waals surface area contributed by atoms with Crippen LogP contribution in [-0.2, 0) is 14.3 Å². The van der Waals surface area contributed by atoms with Gasteiger partial charge >= 0.3 is 5.97 Å². The second-order valence-corrected chi connectivity index (χ2v) is 5.66. The predicted octanol–water partition coefficient (Wildman–Crippen LogP) is 1.57. The Kier molecular flexibility index (Phi) is 3.72. The second-order valence-electron chi connectivity index (χ2n) is 5.66. The molecule has 0 unspecified atom stereocenters. The molecule has 1 heterocycles. The highest BCUT2D eigenvalue weighted by molar-refractivity contribution is 6.53. The summed E-state index contributed by atoms with van der Waals surface area (Å²) in [7, 11) is 1.44. The lowest BCUT2D eigenvalue weighted by atomic mass is 10.1. The molecule has 0 atom stereocenters. The number of rotatable bonds is 3. The van der Waals surface area contributed by atoms with Crippen molar-refractivity contribution in [3.63, 3.8) is 0 Å². The van der Waals surface area contributed by atoms with Gasteiger partial charge < -0.3 is 9.47 Å². The van der Waals surface area contributed by atoms with Gasteiger partial charge in [-0.25, -0.2) is 0 Å². The van der Waals surface area contributed by atoms with E-state index < -0.39 is 23.3 Å². The number of methoxy groups -OCH3 is 1. The third-order valence-corrected chi connectivity index (χ3v) is 2.88. The first kappa shape index (κ1) is 15.0. The highest BCUT2D eigenvalue weighted by Gasteiger charge is 2.39. The fraction of sp³-hybridized carbons (Fsp3) is 0.400. The third kappa shape index (κ3) is 2.89. The van der Waals surface area contributed by atoms with Crippen molar-refractivity contribution in [2.24, 2.45) is 0 Å². The van der Waals surface area contributed by atoms with Gasteiger partial charge in [0.05, 0.1) is 18.4 Å². The van der Waals surface area contributed by atoms with Crippen LogP contribution in [0.3, 0.4) is 0 Å². The Morgan fingerprint density at radius 2 is 1.90 bits per heavy atom. The summed E-state index contributed by atoms with van der Waals surface area (Å²) in [5, 5.41) is 0. The fourth-order valence-electron chi connectivity index (χ4n) is 2.14. The Bertz CT molecular complexity index is 615. The monoisotopic (exact) mass is 291 g/mol. The number of hydrogen-bond donors (Lipinski definition) is 0. The van der Waals surface area contributed by atoms with E-state index in [9.17, 15) is 14.4 Å². The molecule has 0 N–H and O–H groups in total. The topological polar surface area (TPSA) is 72.9 Å². The fourth-order valence-corrected chi connectivity index (χ4v) is 2.14. The summed E-state index contributed by atoms with van der Waals surface area (Å²) in [6, 6.07) is 4.79. The normalized spacial score (nSPS) is 14.2. The van der Waals surface area contributed by atoms with Crippen LogP contribution < -0.4 is 9.64 Å². The summed E-state index contributed by atoms with van der Waals surface area (Å²) in [5.74, 6) is -1.61. The van der Waals surface area contributed by atoms with Crippen LogP contribution in [0.2, 0.25) is 0 Å². The maximum Gasteiger partial charge on any atom is 0.326 e. The van der Waals surface area contributed by atoms with Gasteiger partial charge in [-0.05, 0) is 32.9 Å². The molecule has 0 bridgehead atoms. The lowest BCUT2D eigenvalue weighted by molar-refractivity contribution is -0.153. The van der Waals surface area contributed by atoms with Crippen molar-refractivity contribution in [1.82, 2.24) is 0 Å². The zero-order valence-electron chi connectivity index (χ0n) is 12.4. The molecule has 112 valence electrons. The first-order valence-corrected chi connectivity index (χ1v) is 6.49. The van der Waals surface area contributed by atoms with Gasteiger partial charge in [0.2, 0.25) is 0 Å². The minimum Gasteiger partial charge on any atom is -0.495 e. The average Bonchev–Trinajstić information content (AvgIpc) is 2.62. The van der Waals surface area contributed by atoms with Crippen LogP contribution in [0.15, 0.2) is 18.2 Å². The van der Waals surface area contributed by atoms with Crippen LogP contribution in [0.4, 0.5) is 5.69 Å². The second kappa shape index (κ2) is 5.20. The van der Waals surface area contributed by atoms with Crippen molar-refractivity contribution in [2.45, 2.75) is 26.4 Å². The van der Waals surface area contributed by atoms with E-state index in [1.807, 2.05) is 0 Å². The SMILES string of the molecule is COc1cccc2c1N(CC(=O)OC(C)(C)C)C(=O)C2=O. The highest BCUT2D eigenvalue weighted by Crippen LogP contribution is 2.37. The summed E-state index contributed by atoms with van der Waals surface area (Å²) < 4.78 is 10.4. The Morgan fingerprint density at radius 3 is 2.48 bits per heavy atom. The molecule has 1 aromatic rings. The molecule has 6 nitrogen and oxygen atoms in total. The number of para-hydroxylation sites is 1. The number of amides is 1. The van der Waals surface area contributed by atoms with Crippen molar-refractivity contribution >= 4 is 23.3 Å². The molecule has 1 amide bonds. The zero-order chi connectivity index (χ0) is 15.8. The Labute approximate surface area is 122 Å². The summed E-state index contributed by atoms with van der Waals surface area (Å²) in [6.07, 6.45) is 0. The van der Waals surface area contributed by atoms with E-state index in [0.717, 1.165) is 4.90 Å². The average molecular weight is 291 g/mol. The predicted molar refractivity (Wildman–Crippen MR) is 75.5 cm³/mol. The number of hydrogen-bond acceptors (Lipinski definition) is 5. The number of carbonyl (C=O) groups excluding carboxylic acids is 3. The molecule has 1 aromatic carbocycles. The number of Topliss-reactive ketones (excluding diaryl/α,β-unsaturated/α-hetero) is 1. The Hall–Kier alpha value is -2.37. The van der Waals surface area contributed by atoms with Crippen LogP contribution in [0.25, 0.3) is 0 Å². The number of esters is 1. The smallest absolute Gasteiger partial charge is 0.326 e. The van der Waals surface area contributed by atoms with E-state index in [0.29, 0.717) is 11.4 Å². The Morgan fingerprint density at radius 1 is 1.24 bits per heavy atom. The minimum atomic E-state index is -0.750. The number of ether oxygens (including phenoxy) is 2. The molecule has 0 saturated heterocycles. The quantitative estimate of drug-likeness (QED) is 0.624. The van der Waals surface area contributed by atoms with Gasteiger partial charge in [-0.15, -0.1) is 0 Å². The van der Waals surface area contributed by atoms with Gasteiger partial charge in [-0.2, -0.15) is 0 Å². The Balaban J connectivity index is 2.33. The van der Waals surface area contributed by atoms with Crippen molar-refractivity contribution in [3.05, 3.63) is 23.8 Å². The maximum atomic E-state index is 12.0. The number of anilines is 1. The van der Waals surface area contributed by atoms with Crippen molar-refractivity contribution in [3.8, 4) is 5.75 Å². The molecule has 0 aromatic heterocycles. The first-order valence-electron chi connectivity index (χ1n) is 6.49. The van der Waals surface area contributed by atoms with Gasteiger partial charge in [0.15, 0.2) is 0 Å². The van der Waals surface area contributed by atoms with E-state index in [1.165, 1.54) is 13.2 Å². The molecule has 0 saturated carbocycles. The van der Waals surface area contributed by atoms with Crippen LogP contribution >= 0.6 is 0 Å². The van der Waals surface area contributed by atoms with Crippen LogP contribution in [0.5, 0.6) is 5.75 Å². The summed E-state index contributed by atoms with van der Waals surface area (Å²) in [5.41, 5.74) is -0.100. The van der Waals surface area contributed by atoms with E-state index >= 15 is 0 Å². The van der Waals surface area contributed by atoms with Gasteiger partial charge in [-0.3, -0.25) is 19.3 Å². The molecule has 0 aliphatic carbocycles. The van der Waals surface area contributed by atoms with Crippen molar-refractivity contribution < 1.29 is 23.9 Å². The van der Waals surface area contributed by atoms with Gasteiger partial charge in [0.25, 0.3) is 11.7 Å². The van der Waals surface area contributed by atoms with Crippen LogP contribution in [-0.4, -0.2) is 36.9 Å². The molecule has 0 spiro atoms. The summed E-state index contributed by atoms with van der Waals surface area (Å²) in [6.45, 7) is 4.87. The van der Waals surface area contributed by atoms with E-state index in [1.54, 1.807) is 32.9 Å². The van der Waals surface area contributed by atoms with Gasteiger partial charge in [0.1, 0.15) is 17.9 Å². The van der Waals surface area contributed by atoms with E-state index in [-0.39, 0.29) is 12.1 Å². The first-order chi connectivity index (χ1) is 9.74. The van der Waals surface area contributed by atoms with E-state index in [4.69, 9.17) is 9.47 Å². The summed E-state index contributed by atoms with van der Waals surface area (Å²) in [4.78, 5) is 37.0. The number of fused-ring (bicyclic) bond motifs is 1. The summed E-state index contributed by atoms with van der Waals surface area (Å²) >= 11 is 0. The van der Waals surface area contributed by atoms with Gasteiger partial charge in [0, 0.05) is 0 Å². The molecule has 21 heavy (non-hydrogen) atoms. The molecule has 6 heteroatoms. The molecule has 0 fully saturated rings.